The standard InChI is InChI=1S/C18H27N3O3/c22-18(23)5-4-15-13-20(14-16-3-1-2-7-19-16)8-6-17(15)21-9-11-24-12-10-21/h1-3,7,15,17H,4-6,8-14H2,(H,22,23)/t15-,17+/m1/s1. The third-order valence-corrected chi connectivity index (χ3v) is 5.13. The first-order valence-corrected chi connectivity index (χ1v) is 8.88. The molecule has 2 aliphatic rings. The number of carbonyl (C=O) groups is 1. The number of nitrogens with zero attached hydrogens (tertiary/aromatic N) is 3. The predicted molar refractivity (Wildman–Crippen MR) is 90.7 cm³/mol. The van der Waals surface area contributed by atoms with Gasteiger partial charge in [-0.25, -0.2) is 0 Å². The molecule has 0 unspecified atom stereocenters. The first-order valence-electron chi connectivity index (χ1n) is 8.88. The van der Waals surface area contributed by atoms with Crippen LogP contribution in [-0.4, -0.2) is 71.3 Å². The second-order valence-electron chi connectivity index (χ2n) is 6.75. The summed E-state index contributed by atoms with van der Waals surface area (Å²) in [5.74, 6) is -0.297. The molecule has 2 fully saturated rings. The molecule has 0 aliphatic carbocycles. The Morgan fingerprint density at radius 1 is 1.29 bits per heavy atom. The number of pyridine rings is 1. The van der Waals surface area contributed by atoms with E-state index in [9.17, 15) is 4.79 Å². The number of aromatic nitrogens is 1. The molecule has 0 bridgehead atoms. The summed E-state index contributed by atoms with van der Waals surface area (Å²) in [7, 11) is 0. The number of carboxylic acid groups (broad SMARTS) is 1. The van der Waals surface area contributed by atoms with Crippen molar-refractivity contribution in [3.05, 3.63) is 30.1 Å². The van der Waals surface area contributed by atoms with Gasteiger partial charge in [0.25, 0.3) is 0 Å². The molecule has 0 aromatic carbocycles. The summed E-state index contributed by atoms with van der Waals surface area (Å²) in [6.45, 7) is 6.36. The van der Waals surface area contributed by atoms with Crippen molar-refractivity contribution in [2.75, 3.05) is 39.4 Å². The smallest absolute Gasteiger partial charge is 0.303 e. The molecule has 0 amide bonds. The lowest BCUT2D eigenvalue weighted by Gasteiger charge is -2.45. The van der Waals surface area contributed by atoms with E-state index in [4.69, 9.17) is 9.84 Å². The zero-order chi connectivity index (χ0) is 16.8. The summed E-state index contributed by atoms with van der Waals surface area (Å²) >= 11 is 0. The van der Waals surface area contributed by atoms with Gasteiger partial charge in [0.15, 0.2) is 0 Å². The van der Waals surface area contributed by atoms with Crippen LogP contribution < -0.4 is 0 Å². The second-order valence-corrected chi connectivity index (χ2v) is 6.75. The number of hydrogen-bond acceptors (Lipinski definition) is 5. The van der Waals surface area contributed by atoms with Crippen LogP contribution in [0, 0.1) is 5.92 Å². The Labute approximate surface area is 143 Å². The molecule has 6 nitrogen and oxygen atoms in total. The Morgan fingerprint density at radius 3 is 2.83 bits per heavy atom. The van der Waals surface area contributed by atoms with Crippen molar-refractivity contribution in [2.24, 2.45) is 5.92 Å². The first kappa shape index (κ1) is 17.3. The molecule has 24 heavy (non-hydrogen) atoms. The van der Waals surface area contributed by atoms with Crippen molar-refractivity contribution in [3.63, 3.8) is 0 Å². The van der Waals surface area contributed by atoms with Crippen molar-refractivity contribution in [1.82, 2.24) is 14.8 Å². The predicted octanol–water partition coefficient (Wildman–Crippen LogP) is 1.47. The van der Waals surface area contributed by atoms with E-state index in [1.807, 2.05) is 18.3 Å². The molecule has 0 spiro atoms. The third-order valence-electron chi connectivity index (χ3n) is 5.13. The highest BCUT2D eigenvalue weighted by atomic mass is 16.5. The van der Waals surface area contributed by atoms with Gasteiger partial charge in [0.2, 0.25) is 0 Å². The number of rotatable bonds is 6. The van der Waals surface area contributed by atoms with Crippen LogP contribution in [0.2, 0.25) is 0 Å². The Morgan fingerprint density at radius 2 is 2.12 bits per heavy atom. The Bertz CT molecular complexity index is 520. The number of morpholine rings is 1. The average Bonchev–Trinajstić information content (AvgIpc) is 2.62. The van der Waals surface area contributed by atoms with Gasteiger partial charge in [-0.15, -0.1) is 0 Å². The molecule has 0 radical (unpaired) electrons. The van der Waals surface area contributed by atoms with E-state index in [-0.39, 0.29) is 6.42 Å². The molecule has 1 N–H and O–H groups in total. The lowest BCUT2D eigenvalue weighted by molar-refractivity contribution is -0.137. The molecule has 6 heteroatoms. The number of carboxylic acids is 1. The molecule has 1 aromatic rings. The van der Waals surface area contributed by atoms with Crippen LogP contribution in [0.4, 0.5) is 0 Å². The van der Waals surface area contributed by atoms with Gasteiger partial charge in [0.1, 0.15) is 0 Å². The summed E-state index contributed by atoms with van der Waals surface area (Å²) in [5, 5.41) is 9.08. The van der Waals surface area contributed by atoms with Crippen LogP contribution in [0.5, 0.6) is 0 Å². The minimum atomic E-state index is -0.697. The molecule has 2 aliphatic heterocycles. The molecule has 132 valence electrons. The fourth-order valence-electron chi connectivity index (χ4n) is 3.94. The number of likely N-dealkylation sites (tertiary alicyclic amines) is 1. The van der Waals surface area contributed by atoms with Crippen LogP contribution in [0.15, 0.2) is 24.4 Å². The molecule has 2 atom stereocenters. The summed E-state index contributed by atoms with van der Waals surface area (Å²) in [4.78, 5) is 20.4. The summed E-state index contributed by atoms with van der Waals surface area (Å²) in [6.07, 6.45) is 3.92. The van der Waals surface area contributed by atoms with Gasteiger partial charge in [-0.3, -0.25) is 19.6 Å². The summed E-state index contributed by atoms with van der Waals surface area (Å²) < 4.78 is 5.47. The van der Waals surface area contributed by atoms with E-state index < -0.39 is 5.97 Å². The van der Waals surface area contributed by atoms with Gasteiger partial charge < -0.3 is 9.84 Å². The van der Waals surface area contributed by atoms with E-state index in [0.717, 1.165) is 64.5 Å². The number of hydrogen-bond donors (Lipinski definition) is 1. The van der Waals surface area contributed by atoms with E-state index in [1.54, 1.807) is 0 Å². The van der Waals surface area contributed by atoms with Gasteiger partial charge >= 0.3 is 5.97 Å². The van der Waals surface area contributed by atoms with Crippen molar-refractivity contribution < 1.29 is 14.6 Å². The maximum absolute atomic E-state index is 11.0. The largest absolute Gasteiger partial charge is 0.481 e. The maximum Gasteiger partial charge on any atom is 0.303 e. The van der Waals surface area contributed by atoms with Gasteiger partial charge in [-0.2, -0.15) is 0 Å². The van der Waals surface area contributed by atoms with Gasteiger partial charge in [-0.1, -0.05) is 6.07 Å². The highest BCUT2D eigenvalue weighted by Crippen LogP contribution is 2.27. The van der Waals surface area contributed by atoms with Crippen molar-refractivity contribution in [3.8, 4) is 0 Å². The monoisotopic (exact) mass is 333 g/mol. The SMILES string of the molecule is O=C(O)CC[C@@H]1CN(Cc2ccccn2)CC[C@@H]1N1CCOCC1. The summed E-state index contributed by atoms with van der Waals surface area (Å²) in [6, 6.07) is 6.49. The van der Waals surface area contributed by atoms with Gasteiger partial charge in [-0.05, 0) is 30.9 Å². The van der Waals surface area contributed by atoms with Gasteiger partial charge in [0, 0.05) is 51.4 Å². The molecule has 3 rings (SSSR count). The zero-order valence-electron chi connectivity index (χ0n) is 14.1. The summed E-state index contributed by atoms with van der Waals surface area (Å²) in [5.41, 5.74) is 1.08. The van der Waals surface area contributed by atoms with Crippen molar-refractivity contribution in [1.29, 1.82) is 0 Å². The fourth-order valence-corrected chi connectivity index (χ4v) is 3.94. The molecule has 2 saturated heterocycles. The number of aliphatic carboxylic acids is 1. The van der Waals surface area contributed by atoms with E-state index in [2.05, 4.69) is 20.9 Å². The zero-order valence-corrected chi connectivity index (χ0v) is 14.1. The van der Waals surface area contributed by atoms with Crippen LogP contribution in [0.1, 0.15) is 25.0 Å². The first-order chi connectivity index (χ1) is 11.7. The van der Waals surface area contributed by atoms with E-state index in [1.165, 1.54) is 0 Å². The highest BCUT2D eigenvalue weighted by Gasteiger charge is 2.34. The van der Waals surface area contributed by atoms with Crippen molar-refractivity contribution >= 4 is 5.97 Å². The fraction of sp³-hybridized carbons (Fsp3) is 0.667. The minimum Gasteiger partial charge on any atom is -0.481 e. The lowest BCUT2D eigenvalue weighted by Crippen LogP contribution is -2.53. The van der Waals surface area contributed by atoms with Crippen LogP contribution in [-0.2, 0) is 16.1 Å². The Balaban J connectivity index is 1.62. The number of piperidine rings is 1. The average molecular weight is 333 g/mol. The Kier molecular flexibility index (Phi) is 6.18. The normalized spacial score (nSPS) is 26.3. The lowest BCUT2D eigenvalue weighted by atomic mass is 9.86. The quantitative estimate of drug-likeness (QED) is 0.850. The molecule has 0 saturated carbocycles. The topological polar surface area (TPSA) is 65.9 Å². The highest BCUT2D eigenvalue weighted by molar-refractivity contribution is 5.66. The van der Waals surface area contributed by atoms with E-state index in [0.29, 0.717) is 12.0 Å². The third kappa shape index (κ3) is 4.75. The molecule has 1 aromatic heterocycles. The number of ether oxygens (including phenoxy) is 1. The van der Waals surface area contributed by atoms with Crippen LogP contribution in [0.3, 0.4) is 0 Å². The van der Waals surface area contributed by atoms with E-state index >= 15 is 0 Å². The maximum atomic E-state index is 11.0. The van der Waals surface area contributed by atoms with Gasteiger partial charge in [0.05, 0.1) is 18.9 Å². The second kappa shape index (κ2) is 8.55. The van der Waals surface area contributed by atoms with Crippen LogP contribution >= 0.6 is 0 Å². The molecular formula is C18H27N3O3. The van der Waals surface area contributed by atoms with Crippen molar-refractivity contribution in [2.45, 2.75) is 31.8 Å². The van der Waals surface area contributed by atoms with Crippen LogP contribution in [0.25, 0.3) is 0 Å². The minimum absolute atomic E-state index is 0.253. The Hall–Kier alpha value is -1.50. The molecule has 3 heterocycles. The molecular weight excluding hydrogens is 306 g/mol.